The lowest BCUT2D eigenvalue weighted by Crippen LogP contribution is -2.25. The van der Waals surface area contributed by atoms with Crippen LogP contribution in [0.1, 0.15) is 6.92 Å². The summed E-state index contributed by atoms with van der Waals surface area (Å²) in [6, 6.07) is 5.13. The third-order valence-electron chi connectivity index (χ3n) is 1.93. The first-order valence-corrected chi connectivity index (χ1v) is 7.75. The predicted octanol–water partition coefficient (Wildman–Crippen LogP) is 2.41. The van der Waals surface area contributed by atoms with Gasteiger partial charge in [-0.25, -0.2) is 13.6 Å². The Morgan fingerprint density at radius 3 is 2.71 bits per heavy atom. The fraction of sp³-hybridized carbons (Fsp3) is 0.400. The van der Waals surface area contributed by atoms with Crippen LogP contribution >= 0.6 is 27.5 Å². The lowest BCUT2D eigenvalue weighted by molar-refractivity contribution is 0.270. The summed E-state index contributed by atoms with van der Waals surface area (Å²) in [4.78, 5) is 0. The summed E-state index contributed by atoms with van der Waals surface area (Å²) in [7, 11) is -3.46. The highest BCUT2D eigenvalue weighted by atomic mass is 79.9. The van der Waals surface area contributed by atoms with Gasteiger partial charge in [0.15, 0.2) is 0 Å². The van der Waals surface area contributed by atoms with Crippen molar-refractivity contribution in [2.75, 3.05) is 12.4 Å². The number of halogens is 2. The Morgan fingerprint density at radius 2 is 2.18 bits per heavy atom. The zero-order valence-corrected chi connectivity index (χ0v) is 12.3. The fourth-order valence-electron chi connectivity index (χ4n) is 1.27. The molecule has 4 nitrogen and oxygen atoms in total. The van der Waals surface area contributed by atoms with Crippen LogP contribution in [0.2, 0.25) is 5.02 Å². The van der Waals surface area contributed by atoms with Gasteiger partial charge in [0.1, 0.15) is 5.75 Å². The van der Waals surface area contributed by atoms with Crippen LogP contribution in [0.25, 0.3) is 0 Å². The van der Waals surface area contributed by atoms with Crippen molar-refractivity contribution in [1.82, 2.24) is 0 Å². The van der Waals surface area contributed by atoms with E-state index in [9.17, 15) is 8.42 Å². The fourth-order valence-corrected chi connectivity index (χ4v) is 2.96. The number of benzene rings is 1. The minimum absolute atomic E-state index is 0.0990. The van der Waals surface area contributed by atoms with Crippen LogP contribution in [0.5, 0.6) is 5.75 Å². The van der Waals surface area contributed by atoms with Crippen molar-refractivity contribution in [2.45, 2.75) is 6.92 Å². The molecule has 0 aliphatic heterocycles. The van der Waals surface area contributed by atoms with E-state index in [1.807, 2.05) is 0 Å². The van der Waals surface area contributed by atoms with Crippen LogP contribution in [-0.2, 0) is 10.0 Å². The van der Waals surface area contributed by atoms with Crippen molar-refractivity contribution in [3.05, 3.63) is 27.7 Å². The molecule has 96 valence electrons. The Balaban J connectivity index is 2.56. The first-order chi connectivity index (χ1) is 7.78. The Labute approximate surface area is 114 Å². The van der Waals surface area contributed by atoms with Crippen LogP contribution in [0.4, 0.5) is 0 Å². The van der Waals surface area contributed by atoms with Crippen molar-refractivity contribution in [3.63, 3.8) is 0 Å². The van der Waals surface area contributed by atoms with E-state index in [1.54, 1.807) is 25.1 Å². The van der Waals surface area contributed by atoms with E-state index in [0.29, 0.717) is 10.8 Å². The lowest BCUT2D eigenvalue weighted by atomic mass is 10.2. The van der Waals surface area contributed by atoms with Gasteiger partial charge in [-0.2, -0.15) is 0 Å². The minimum Gasteiger partial charge on any atom is -0.492 e. The van der Waals surface area contributed by atoms with Gasteiger partial charge in [-0.3, -0.25) is 0 Å². The topological polar surface area (TPSA) is 69.4 Å². The van der Waals surface area contributed by atoms with Crippen molar-refractivity contribution in [1.29, 1.82) is 0 Å². The van der Waals surface area contributed by atoms with Crippen molar-refractivity contribution >= 4 is 37.6 Å². The molecule has 2 N–H and O–H groups in total. The maximum absolute atomic E-state index is 10.9. The molecule has 0 aliphatic rings. The van der Waals surface area contributed by atoms with Crippen molar-refractivity contribution in [2.24, 2.45) is 11.1 Å². The third kappa shape index (κ3) is 5.72. The molecule has 0 amide bonds. The van der Waals surface area contributed by atoms with Crippen LogP contribution in [0.3, 0.4) is 0 Å². The second kappa shape index (κ2) is 6.04. The molecule has 0 aliphatic carbocycles. The monoisotopic (exact) mass is 341 g/mol. The minimum atomic E-state index is -3.46. The molecule has 1 rings (SSSR count). The van der Waals surface area contributed by atoms with E-state index in [4.69, 9.17) is 21.5 Å². The molecule has 7 heteroatoms. The molecule has 0 bridgehead atoms. The summed E-state index contributed by atoms with van der Waals surface area (Å²) in [5, 5.41) is 5.54. The molecule has 0 saturated carbocycles. The van der Waals surface area contributed by atoms with E-state index in [-0.39, 0.29) is 18.3 Å². The highest BCUT2D eigenvalue weighted by Gasteiger charge is 2.12. The molecular formula is C10H13BrClNO3S. The molecular weight excluding hydrogens is 330 g/mol. The maximum atomic E-state index is 10.9. The van der Waals surface area contributed by atoms with Gasteiger partial charge in [0.25, 0.3) is 0 Å². The number of nitrogens with two attached hydrogens (primary N) is 1. The Hall–Kier alpha value is -0.300. The largest absolute Gasteiger partial charge is 0.492 e. The maximum Gasteiger partial charge on any atom is 0.209 e. The number of rotatable bonds is 5. The summed E-state index contributed by atoms with van der Waals surface area (Å²) < 4.78 is 27.9. The van der Waals surface area contributed by atoms with Gasteiger partial charge in [0, 0.05) is 10.9 Å². The van der Waals surface area contributed by atoms with Gasteiger partial charge in [0.05, 0.1) is 16.8 Å². The molecule has 0 saturated heterocycles. The predicted molar refractivity (Wildman–Crippen MR) is 71.8 cm³/mol. The van der Waals surface area contributed by atoms with E-state index in [2.05, 4.69) is 15.9 Å². The van der Waals surface area contributed by atoms with E-state index < -0.39 is 10.0 Å². The van der Waals surface area contributed by atoms with E-state index in [1.165, 1.54) is 0 Å². The molecule has 1 unspecified atom stereocenters. The first kappa shape index (κ1) is 14.8. The van der Waals surface area contributed by atoms with Crippen LogP contribution < -0.4 is 9.88 Å². The zero-order chi connectivity index (χ0) is 13.1. The van der Waals surface area contributed by atoms with Gasteiger partial charge < -0.3 is 4.74 Å². The van der Waals surface area contributed by atoms with Gasteiger partial charge in [0.2, 0.25) is 10.0 Å². The third-order valence-corrected chi connectivity index (χ3v) is 3.82. The van der Waals surface area contributed by atoms with Gasteiger partial charge in [-0.05, 0) is 34.1 Å². The second-order valence-electron chi connectivity index (χ2n) is 3.82. The van der Waals surface area contributed by atoms with Gasteiger partial charge in [-0.1, -0.05) is 18.5 Å². The number of hydrogen-bond acceptors (Lipinski definition) is 3. The first-order valence-electron chi connectivity index (χ1n) is 4.86. The van der Waals surface area contributed by atoms with Gasteiger partial charge >= 0.3 is 0 Å². The van der Waals surface area contributed by atoms with E-state index in [0.717, 1.165) is 4.47 Å². The molecule has 1 aromatic carbocycles. The summed E-state index contributed by atoms with van der Waals surface area (Å²) in [5.41, 5.74) is 0. The normalized spacial score (nSPS) is 13.4. The molecule has 0 fully saturated rings. The Bertz CT molecular complexity index is 492. The second-order valence-corrected chi connectivity index (χ2v) is 6.77. The standard InChI is InChI=1S/C10H13BrClNO3S/c1-7(6-17(13,14)15)5-16-10-3-2-8(12)4-9(10)11/h2-4,7H,5-6H2,1H3,(H2,13,14,15). The molecule has 0 aromatic heterocycles. The van der Waals surface area contributed by atoms with Crippen molar-refractivity contribution in [3.8, 4) is 5.75 Å². The molecule has 0 radical (unpaired) electrons. The molecule has 0 spiro atoms. The number of ether oxygens (including phenoxy) is 1. The molecule has 0 heterocycles. The number of hydrogen-bond donors (Lipinski definition) is 1. The SMILES string of the molecule is CC(COc1ccc(Cl)cc1Br)CS(N)(=O)=O. The molecule has 17 heavy (non-hydrogen) atoms. The smallest absolute Gasteiger partial charge is 0.209 e. The molecule has 1 atom stereocenters. The average Bonchev–Trinajstić information content (AvgIpc) is 2.13. The highest BCUT2D eigenvalue weighted by Crippen LogP contribution is 2.28. The lowest BCUT2D eigenvalue weighted by Gasteiger charge is -2.13. The zero-order valence-electron chi connectivity index (χ0n) is 9.19. The quantitative estimate of drug-likeness (QED) is 0.893. The van der Waals surface area contributed by atoms with Crippen LogP contribution in [0.15, 0.2) is 22.7 Å². The Kier molecular flexibility index (Phi) is 5.24. The summed E-state index contributed by atoms with van der Waals surface area (Å²) >= 11 is 9.09. The van der Waals surface area contributed by atoms with Crippen molar-refractivity contribution < 1.29 is 13.2 Å². The summed E-state index contributed by atoms with van der Waals surface area (Å²) in [5.74, 6) is 0.348. The Morgan fingerprint density at radius 1 is 1.53 bits per heavy atom. The van der Waals surface area contributed by atoms with Gasteiger partial charge in [-0.15, -0.1) is 0 Å². The van der Waals surface area contributed by atoms with E-state index >= 15 is 0 Å². The molecule has 1 aromatic rings. The number of sulfonamides is 1. The van der Waals surface area contributed by atoms with Crippen LogP contribution in [-0.4, -0.2) is 20.8 Å². The summed E-state index contributed by atoms with van der Waals surface area (Å²) in [6.45, 7) is 2.03. The number of primary sulfonamides is 1. The average molecular weight is 343 g/mol. The summed E-state index contributed by atoms with van der Waals surface area (Å²) in [6.07, 6.45) is 0. The van der Waals surface area contributed by atoms with Crippen LogP contribution in [0, 0.1) is 5.92 Å². The highest BCUT2D eigenvalue weighted by molar-refractivity contribution is 9.10.